The first kappa shape index (κ1) is 39.4. The maximum atomic E-state index is 14.3. The van der Waals surface area contributed by atoms with Crippen LogP contribution in [0.3, 0.4) is 0 Å². The monoisotopic (exact) mass is 731 g/mol. The van der Waals surface area contributed by atoms with Gasteiger partial charge < -0.3 is 26.4 Å². The standard InChI is InChI=1S/C43H49N5O6/c1-43(2,3)54-37(49)26-34(39(44)50)45-40(51)35(24-29-16-8-4-9-17-29)46-41(52)36(25-30-18-10-5-11-19-30)47-42(53)38-33(32-22-14-7-15-23-32)28-48(38)27-31-20-12-6-13-21-31/h4-23,33-36,38H,24-28H2,1-3H3,(H2,44,50)(H,45,51)(H,46,52)(H,47,53)/t33-,34-,35-,36-,38+/m0/s1. The molecule has 4 aromatic rings. The zero-order valence-corrected chi connectivity index (χ0v) is 30.9. The number of carbonyl (C=O) groups excluding carboxylic acids is 5. The Bertz CT molecular complexity index is 1870. The molecule has 5 rings (SSSR count). The lowest BCUT2D eigenvalue weighted by Gasteiger charge is -2.47. The molecule has 4 amide bonds. The minimum Gasteiger partial charge on any atom is -0.460 e. The van der Waals surface area contributed by atoms with E-state index in [2.05, 4.69) is 20.9 Å². The van der Waals surface area contributed by atoms with Crippen LogP contribution >= 0.6 is 0 Å². The average molecular weight is 732 g/mol. The van der Waals surface area contributed by atoms with Crippen LogP contribution in [-0.2, 0) is 48.1 Å². The van der Waals surface area contributed by atoms with E-state index >= 15 is 0 Å². The van der Waals surface area contributed by atoms with Crippen LogP contribution in [0.2, 0.25) is 0 Å². The van der Waals surface area contributed by atoms with E-state index in [9.17, 15) is 24.0 Å². The van der Waals surface area contributed by atoms with Crippen molar-refractivity contribution in [2.45, 2.75) is 82.3 Å². The number of amides is 4. The molecule has 0 spiro atoms. The van der Waals surface area contributed by atoms with E-state index in [4.69, 9.17) is 10.5 Å². The highest BCUT2D eigenvalue weighted by Gasteiger charge is 2.45. The topological polar surface area (TPSA) is 160 Å². The number of esters is 1. The number of hydrogen-bond acceptors (Lipinski definition) is 7. The Kier molecular flexibility index (Phi) is 13.3. The van der Waals surface area contributed by atoms with Gasteiger partial charge in [0.2, 0.25) is 23.6 Å². The summed E-state index contributed by atoms with van der Waals surface area (Å²) in [7, 11) is 0. The summed E-state index contributed by atoms with van der Waals surface area (Å²) in [5.74, 6) is -3.36. The Morgan fingerprint density at radius 2 is 1.11 bits per heavy atom. The number of hydrogen-bond donors (Lipinski definition) is 4. The molecule has 1 aliphatic rings. The van der Waals surface area contributed by atoms with E-state index in [-0.39, 0.29) is 24.7 Å². The summed E-state index contributed by atoms with van der Waals surface area (Å²) in [4.78, 5) is 69.6. The van der Waals surface area contributed by atoms with Crippen molar-refractivity contribution >= 4 is 29.6 Å². The summed E-state index contributed by atoms with van der Waals surface area (Å²) in [5, 5.41) is 8.44. The molecular formula is C43H49N5O6. The third-order valence-corrected chi connectivity index (χ3v) is 9.21. The zero-order chi connectivity index (χ0) is 38.7. The van der Waals surface area contributed by atoms with Gasteiger partial charge in [0.1, 0.15) is 23.7 Å². The Labute approximate surface area is 316 Å². The molecule has 11 nitrogen and oxygen atoms in total. The normalized spacial score (nSPS) is 17.2. The quantitative estimate of drug-likeness (QED) is 0.128. The summed E-state index contributed by atoms with van der Waals surface area (Å²) in [5.41, 5.74) is 8.42. The van der Waals surface area contributed by atoms with Gasteiger partial charge in [0.25, 0.3) is 0 Å². The van der Waals surface area contributed by atoms with Gasteiger partial charge in [-0.1, -0.05) is 121 Å². The molecule has 5 N–H and O–H groups in total. The van der Waals surface area contributed by atoms with Gasteiger partial charge in [0.05, 0.1) is 12.5 Å². The largest absolute Gasteiger partial charge is 0.460 e. The molecule has 0 aromatic heterocycles. The molecule has 1 saturated heterocycles. The van der Waals surface area contributed by atoms with Crippen molar-refractivity contribution in [1.29, 1.82) is 0 Å². The number of nitrogens with one attached hydrogen (secondary N) is 3. The van der Waals surface area contributed by atoms with E-state index in [1.807, 2.05) is 121 Å². The van der Waals surface area contributed by atoms with Crippen molar-refractivity contribution < 1.29 is 28.7 Å². The lowest BCUT2D eigenvalue weighted by atomic mass is 9.81. The van der Waals surface area contributed by atoms with Crippen LogP contribution < -0.4 is 21.7 Å². The first-order valence-corrected chi connectivity index (χ1v) is 18.2. The lowest BCUT2D eigenvalue weighted by Crippen LogP contribution is -2.64. The third-order valence-electron chi connectivity index (χ3n) is 9.21. The number of nitrogens with two attached hydrogens (primary N) is 1. The Hall–Kier alpha value is -5.81. The van der Waals surface area contributed by atoms with E-state index in [0.29, 0.717) is 13.1 Å². The molecule has 0 radical (unpaired) electrons. The molecule has 11 heteroatoms. The first-order chi connectivity index (χ1) is 25.9. The van der Waals surface area contributed by atoms with Gasteiger partial charge in [-0.15, -0.1) is 0 Å². The van der Waals surface area contributed by atoms with Gasteiger partial charge in [-0.2, -0.15) is 0 Å². The fourth-order valence-electron chi connectivity index (χ4n) is 6.59. The van der Waals surface area contributed by atoms with Crippen LogP contribution in [-0.4, -0.2) is 70.8 Å². The second-order valence-electron chi connectivity index (χ2n) is 14.6. The van der Waals surface area contributed by atoms with Crippen molar-refractivity contribution in [1.82, 2.24) is 20.9 Å². The van der Waals surface area contributed by atoms with Gasteiger partial charge in [-0.05, 0) is 43.0 Å². The molecule has 54 heavy (non-hydrogen) atoms. The van der Waals surface area contributed by atoms with Gasteiger partial charge >= 0.3 is 5.97 Å². The Balaban J connectivity index is 1.39. The fraction of sp³-hybridized carbons (Fsp3) is 0.326. The summed E-state index contributed by atoms with van der Waals surface area (Å²) >= 11 is 0. The number of benzene rings is 4. The fourth-order valence-corrected chi connectivity index (χ4v) is 6.59. The molecule has 5 atom stereocenters. The number of carbonyl (C=O) groups is 5. The number of rotatable bonds is 16. The highest BCUT2D eigenvalue weighted by molar-refractivity contribution is 5.96. The average Bonchev–Trinajstić information content (AvgIpc) is 3.13. The van der Waals surface area contributed by atoms with Crippen molar-refractivity contribution in [3.63, 3.8) is 0 Å². The van der Waals surface area contributed by atoms with E-state index in [1.165, 1.54) is 0 Å². The van der Waals surface area contributed by atoms with Crippen molar-refractivity contribution in [3.8, 4) is 0 Å². The van der Waals surface area contributed by atoms with Crippen LogP contribution in [0.15, 0.2) is 121 Å². The molecular weight excluding hydrogens is 683 g/mol. The molecule has 0 aliphatic carbocycles. The second-order valence-corrected chi connectivity index (χ2v) is 14.6. The van der Waals surface area contributed by atoms with Crippen LogP contribution in [0.1, 0.15) is 55.4 Å². The molecule has 0 unspecified atom stereocenters. The van der Waals surface area contributed by atoms with Crippen molar-refractivity contribution in [3.05, 3.63) is 144 Å². The summed E-state index contributed by atoms with van der Waals surface area (Å²) < 4.78 is 5.34. The van der Waals surface area contributed by atoms with Crippen LogP contribution in [0.25, 0.3) is 0 Å². The smallest absolute Gasteiger partial charge is 0.308 e. The molecule has 1 heterocycles. The molecule has 282 valence electrons. The van der Waals surface area contributed by atoms with Crippen LogP contribution in [0.4, 0.5) is 0 Å². The maximum absolute atomic E-state index is 14.3. The van der Waals surface area contributed by atoms with E-state index in [1.54, 1.807) is 20.8 Å². The summed E-state index contributed by atoms with van der Waals surface area (Å²) in [6.07, 6.45) is -0.269. The summed E-state index contributed by atoms with van der Waals surface area (Å²) in [6, 6.07) is 33.9. The third kappa shape index (κ3) is 11.3. The first-order valence-electron chi connectivity index (χ1n) is 18.2. The van der Waals surface area contributed by atoms with E-state index in [0.717, 1.165) is 22.3 Å². The predicted octanol–water partition coefficient (Wildman–Crippen LogP) is 3.81. The maximum Gasteiger partial charge on any atom is 0.308 e. The van der Waals surface area contributed by atoms with Crippen molar-refractivity contribution in [2.75, 3.05) is 6.54 Å². The van der Waals surface area contributed by atoms with E-state index < -0.39 is 59.9 Å². The summed E-state index contributed by atoms with van der Waals surface area (Å²) in [6.45, 7) is 6.28. The number of primary amides is 1. The Morgan fingerprint density at radius 3 is 1.59 bits per heavy atom. The zero-order valence-electron chi connectivity index (χ0n) is 30.9. The minimum atomic E-state index is -1.38. The SMILES string of the molecule is CC(C)(C)OC(=O)C[C@H](NC(=O)[C@H](Cc1ccccc1)NC(=O)[C@H](Cc1ccccc1)NC(=O)[C@H]1[C@H](c2ccccc2)CN1Cc1ccccc1)C(N)=O. The molecule has 1 aliphatic heterocycles. The van der Waals surface area contributed by atoms with Crippen molar-refractivity contribution in [2.24, 2.45) is 5.73 Å². The highest BCUT2D eigenvalue weighted by Crippen LogP contribution is 2.35. The number of nitrogens with zero attached hydrogens (tertiary/aromatic N) is 1. The number of ether oxygens (including phenoxy) is 1. The number of likely N-dealkylation sites (tertiary alicyclic amines) is 1. The predicted molar refractivity (Wildman–Crippen MR) is 206 cm³/mol. The lowest BCUT2D eigenvalue weighted by molar-refractivity contribution is -0.156. The second kappa shape index (κ2) is 18.3. The van der Waals surface area contributed by atoms with Crippen LogP contribution in [0, 0.1) is 0 Å². The van der Waals surface area contributed by atoms with Gasteiger partial charge in [0, 0.05) is 31.8 Å². The highest BCUT2D eigenvalue weighted by atomic mass is 16.6. The molecule has 0 saturated carbocycles. The van der Waals surface area contributed by atoms with Gasteiger partial charge in [0.15, 0.2) is 0 Å². The minimum absolute atomic E-state index is 0.0614. The van der Waals surface area contributed by atoms with Gasteiger partial charge in [-0.25, -0.2) is 0 Å². The molecule has 1 fully saturated rings. The molecule has 0 bridgehead atoms. The van der Waals surface area contributed by atoms with Gasteiger partial charge in [-0.3, -0.25) is 28.9 Å². The van der Waals surface area contributed by atoms with Crippen LogP contribution in [0.5, 0.6) is 0 Å². The Morgan fingerprint density at radius 1 is 0.667 bits per heavy atom. The molecule has 4 aromatic carbocycles.